The minimum Gasteiger partial charge on any atom is -0.355 e. The molecule has 1 aliphatic heterocycles. The highest BCUT2D eigenvalue weighted by molar-refractivity contribution is 5.36. The van der Waals surface area contributed by atoms with E-state index in [0.717, 1.165) is 24.6 Å². The maximum atomic E-state index is 4.42. The molecule has 0 amide bonds. The number of aryl methyl sites for hydroxylation is 1. The van der Waals surface area contributed by atoms with Crippen molar-refractivity contribution in [3.8, 4) is 0 Å². The Labute approximate surface area is 72.4 Å². The molecule has 0 atom stereocenters. The normalized spacial score (nSPS) is 16.9. The molecule has 1 fully saturated rings. The van der Waals surface area contributed by atoms with Crippen LogP contribution >= 0.6 is 0 Å². The summed E-state index contributed by atoms with van der Waals surface area (Å²) in [6.45, 7) is 4.25. The molecule has 64 valence electrons. The van der Waals surface area contributed by atoms with Crippen molar-refractivity contribution in [2.75, 3.05) is 18.0 Å². The first-order chi connectivity index (χ1) is 5.86. The summed E-state index contributed by atoms with van der Waals surface area (Å²) < 4.78 is 0. The van der Waals surface area contributed by atoms with Crippen LogP contribution in [0, 0.1) is 6.92 Å². The molecule has 12 heavy (non-hydrogen) atoms. The van der Waals surface area contributed by atoms with Crippen molar-refractivity contribution in [1.82, 2.24) is 9.97 Å². The molecule has 3 heteroatoms. The molecule has 1 aromatic rings. The van der Waals surface area contributed by atoms with E-state index in [2.05, 4.69) is 14.9 Å². The zero-order chi connectivity index (χ0) is 8.39. The standard InChI is InChI=1S/C9H13N3/c1-8-6-10-7-9(11-8)12-4-2-3-5-12/h6-7H,2-5H2,1H3. The lowest BCUT2D eigenvalue weighted by atomic mass is 10.4. The lowest BCUT2D eigenvalue weighted by Gasteiger charge is -2.15. The van der Waals surface area contributed by atoms with Crippen molar-refractivity contribution in [3.05, 3.63) is 18.1 Å². The van der Waals surface area contributed by atoms with Gasteiger partial charge in [-0.3, -0.25) is 4.98 Å². The molecule has 3 nitrogen and oxygen atoms in total. The first kappa shape index (κ1) is 7.53. The Bertz CT molecular complexity index is 266. The first-order valence-electron chi connectivity index (χ1n) is 4.40. The van der Waals surface area contributed by atoms with Gasteiger partial charge in [-0.05, 0) is 19.8 Å². The molecule has 0 aliphatic carbocycles. The second kappa shape index (κ2) is 3.09. The third-order valence-corrected chi connectivity index (χ3v) is 2.17. The van der Waals surface area contributed by atoms with Crippen LogP contribution in [-0.4, -0.2) is 23.1 Å². The van der Waals surface area contributed by atoms with E-state index in [-0.39, 0.29) is 0 Å². The van der Waals surface area contributed by atoms with E-state index in [1.54, 1.807) is 6.20 Å². The molecular weight excluding hydrogens is 150 g/mol. The number of aromatic nitrogens is 2. The Balaban J connectivity index is 2.21. The lowest BCUT2D eigenvalue weighted by molar-refractivity contribution is 0.916. The van der Waals surface area contributed by atoms with Crippen molar-refractivity contribution in [2.24, 2.45) is 0 Å². The topological polar surface area (TPSA) is 29.0 Å². The van der Waals surface area contributed by atoms with Crippen molar-refractivity contribution in [1.29, 1.82) is 0 Å². The SMILES string of the molecule is Cc1cncc(N2CCCC2)n1. The average Bonchev–Trinajstić information content (AvgIpc) is 2.56. The Morgan fingerprint density at radius 3 is 2.67 bits per heavy atom. The highest BCUT2D eigenvalue weighted by Gasteiger charge is 2.13. The molecule has 0 aromatic carbocycles. The van der Waals surface area contributed by atoms with Crippen molar-refractivity contribution >= 4 is 5.82 Å². The molecule has 1 aromatic heterocycles. The van der Waals surface area contributed by atoms with Crippen molar-refractivity contribution in [3.63, 3.8) is 0 Å². The van der Waals surface area contributed by atoms with Gasteiger partial charge in [0.05, 0.1) is 11.9 Å². The molecule has 0 bridgehead atoms. The molecular formula is C9H13N3. The number of hydrogen-bond donors (Lipinski definition) is 0. The number of rotatable bonds is 1. The van der Waals surface area contributed by atoms with Crippen molar-refractivity contribution in [2.45, 2.75) is 19.8 Å². The average molecular weight is 163 g/mol. The van der Waals surface area contributed by atoms with E-state index in [9.17, 15) is 0 Å². The summed E-state index contributed by atoms with van der Waals surface area (Å²) >= 11 is 0. The third-order valence-electron chi connectivity index (χ3n) is 2.17. The maximum Gasteiger partial charge on any atom is 0.147 e. The monoisotopic (exact) mass is 163 g/mol. The summed E-state index contributed by atoms with van der Waals surface area (Å²) in [6, 6.07) is 0. The predicted octanol–water partition coefficient (Wildman–Crippen LogP) is 1.39. The van der Waals surface area contributed by atoms with E-state index in [1.807, 2.05) is 13.1 Å². The lowest BCUT2D eigenvalue weighted by Crippen LogP contribution is -2.19. The first-order valence-corrected chi connectivity index (χ1v) is 4.40. The fourth-order valence-electron chi connectivity index (χ4n) is 1.55. The van der Waals surface area contributed by atoms with Crippen LogP contribution in [0.4, 0.5) is 5.82 Å². The van der Waals surface area contributed by atoms with Gasteiger partial charge in [-0.1, -0.05) is 0 Å². The molecule has 2 rings (SSSR count). The van der Waals surface area contributed by atoms with Crippen LogP contribution in [0.1, 0.15) is 18.5 Å². The van der Waals surface area contributed by atoms with Crippen LogP contribution in [0.2, 0.25) is 0 Å². The van der Waals surface area contributed by atoms with E-state index < -0.39 is 0 Å². The minimum atomic E-state index is 0.999. The highest BCUT2D eigenvalue weighted by atomic mass is 15.2. The third kappa shape index (κ3) is 1.40. The van der Waals surface area contributed by atoms with E-state index in [4.69, 9.17) is 0 Å². The van der Waals surface area contributed by atoms with Crippen LogP contribution in [-0.2, 0) is 0 Å². The Kier molecular flexibility index (Phi) is 1.94. The Morgan fingerprint density at radius 2 is 2.00 bits per heavy atom. The number of nitrogens with zero attached hydrogens (tertiary/aromatic N) is 3. The summed E-state index contributed by atoms with van der Waals surface area (Å²) in [5.74, 6) is 1.03. The fourth-order valence-corrected chi connectivity index (χ4v) is 1.55. The smallest absolute Gasteiger partial charge is 0.147 e. The van der Waals surface area contributed by atoms with E-state index in [1.165, 1.54) is 12.8 Å². The molecule has 0 spiro atoms. The van der Waals surface area contributed by atoms with Gasteiger partial charge < -0.3 is 4.90 Å². The Hall–Kier alpha value is -1.12. The van der Waals surface area contributed by atoms with Crippen molar-refractivity contribution < 1.29 is 0 Å². The van der Waals surface area contributed by atoms with Gasteiger partial charge >= 0.3 is 0 Å². The minimum absolute atomic E-state index is 0.999. The van der Waals surface area contributed by atoms with Gasteiger partial charge in [0.15, 0.2) is 0 Å². The predicted molar refractivity (Wildman–Crippen MR) is 48.2 cm³/mol. The second-order valence-electron chi connectivity index (χ2n) is 3.21. The zero-order valence-electron chi connectivity index (χ0n) is 7.32. The van der Waals surface area contributed by atoms with Gasteiger partial charge in [0.2, 0.25) is 0 Å². The van der Waals surface area contributed by atoms with Gasteiger partial charge in [0.25, 0.3) is 0 Å². The highest BCUT2D eigenvalue weighted by Crippen LogP contribution is 2.16. The molecule has 1 aliphatic rings. The summed E-state index contributed by atoms with van der Waals surface area (Å²) in [5, 5.41) is 0. The molecule has 0 radical (unpaired) electrons. The summed E-state index contributed by atoms with van der Waals surface area (Å²) in [4.78, 5) is 10.8. The van der Waals surface area contributed by atoms with Crippen LogP contribution in [0.3, 0.4) is 0 Å². The van der Waals surface area contributed by atoms with E-state index >= 15 is 0 Å². The summed E-state index contributed by atoms with van der Waals surface area (Å²) in [5.41, 5.74) is 0.999. The Morgan fingerprint density at radius 1 is 1.25 bits per heavy atom. The van der Waals surface area contributed by atoms with Crippen LogP contribution < -0.4 is 4.90 Å². The van der Waals surface area contributed by atoms with Crippen LogP contribution in [0.15, 0.2) is 12.4 Å². The summed E-state index contributed by atoms with van der Waals surface area (Å²) in [6.07, 6.45) is 6.21. The van der Waals surface area contributed by atoms with Gasteiger partial charge in [-0.2, -0.15) is 0 Å². The maximum absolute atomic E-state index is 4.42. The van der Waals surface area contributed by atoms with E-state index in [0.29, 0.717) is 0 Å². The van der Waals surface area contributed by atoms with Gasteiger partial charge in [-0.15, -0.1) is 0 Å². The molecule has 1 saturated heterocycles. The largest absolute Gasteiger partial charge is 0.355 e. The summed E-state index contributed by atoms with van der Waals surface area (Å²) in [7, 11) is 0. The second-order valence-corrected chi connectivity index (χ2v) is 3.21. The van der Waals surface area contributed by atoms with Gasteiger partial charge in [0, 0.05) is 19.3 Å². The molecule has 2 heterocycles. The van der Waals surface area contributed by atoms with Gasteiger partial charge in [0.1, 0.15) is 5.82 Å². The molecule has 0 N–H and O–H groups in total. The van der Waals surface area contributed by atoms with Crippen LogP contribution in [0.5, 0.6) is 0 Å². The van der Waals surface area contributed by atoms with Crippen LogP contribution in [0.25, 0.3) is 0 Å². The quantitative estimate of drug-likeness (QED) is 0.626. The number of hydrogen-bond acceptors (Lipinski definition) is 3. The number of anilines is 1. The molecule has 0 unspecified atom stereocenters. The van der Waals surface area contributed by atoms with Gasteiger partial charge in [-0.25, -0.2) is 4.98 Å². The fraction of sp³-hybridized carbons (Fsp3) is 0.556. The molecule has 0 saturated carbocycles. The zero-order valence-corrected chi connectivity index (χ0v) is 7.32.